The lowest BCUT2D eigenvalue weighted by atomic mass is 10.0. The number of rotatable bonds is 7. The summed E-state index contributed by atoms with van der Waals surface area (Å²) in [4.78, 5) is 28.5. The predicted molar refractivity (Wildman–Crippen MR) is 157 cm³/mol. The standard InChI is InChI=1S/C33H33N3O4/c1-23-21-36(22-24(2)39-23)32(37)29-20-28(35-33(38)34-27-16-10-5-11-17-27)18-19-30(29)40-31(25-12-6-3-7-13-25)26-14-8-4-9-15-26/h3-20,23-24,31H,21-22H2,1-2H3,(H2,34,35,38). The van der Waals surface area contributed by atoms with Gasteiger partial charge in [0.2, 0.25) is 0 Å². The Kier molecular flexibility index (Phi) is 8.42. The van der Waals surface area contributed by atoms with E-state index in [1.165, 1.54) is 0 Å². The van der Waals surface area contributed by atoms with E-state index in [9.17, 15) is 9.59 Å². The number of morpholine rings is 1. The fraction of sp³-hybridized carbons (Fsp3) is 0.212. The molecule has 1 aliphatic rings. The van der Waals surface area contributed by atoms with Crippen molar-refractivity contribution in [2.75, 3.05) is 23.7 Å². The molecule has 2 unspecified atom stereocenters. The van der Waals surface area contributed by atoms with E-state index in [1.807, 2.05) is 92.7 Å². The molecule has 1 aliphatic heterocycles. The summed E-state index contributed by atoms with van der Waals surface area (Å²) in [7, 11) is 0. The molecule has 0 spiro atoms. The second-order valence-corrected chi connectivity index (χ2v) is 9.94. The highest BCUT2D eigenvalue weighted by molar-refractivity contribution is 6.02. The summed E-state index contributed by atoms with van der Waals surface area (Å²) in [6.07, 6.45) is -0.607. The molecule has 4 aromatic carbocycles. The van der Waals surface area contributed by atoms with Crippen molar-refractivity contribution in [1.82, 2.24) is 4.90 Å². The number of urea groups is 1. The second-order valence-electron chi connectivity index (χ2n) is 9.94. The van der Waals surface area contributed by atoms with Gasteiger partial charge in [-0.25, -0.2) is 4.79 Å². The Morgan fingerprint density at radius 3 is 1.85 bits per heavy atom. The van der Waals surface area contributed by atoms with Crippen LogP contribution in [0.3, 0.4) is 0 Å². The molecule has 0 aliphatic carbocycles. The van der Waals surface area contributed by atoms with E-state index in [0.717, 1.165) is 11.1 Å². The lowest BCUT2D eigenvalue weighted by molar-refractivity contribution is -0.0587. The van der Waals surface area contributed by atoms with Crippen molar-refractivity contribution in [2.45, 2.75) is 32.2 Å². The molecule has 1 fully saturated rings. The van der Waals surface area contributed by atoms with E-state index in [4.69, 9.17) is 9.47 Å². The SMILES string of the molecule is CC1CN(C(=O)c2cc(NC(=O)Nc3ccccc3)ccc2OC(c2ccccc2)c2ccccc2)CC(C)O1. The molecule has 2 atom stereocenters. The predicted octanol–water partition coefficient (Wildman–Crippen LogP) is 6.75. The number of anilines is 2. The average Bonchev–Trinajstić information content (AvgIpc) is 2.97. The summed E-state index contributed by atoms with van der Waals surface area (Å²) in [6, 6.07) is 33.8. The number of ether oxygens (including phenoxy) is 2. The van der Waals surface area contributed by atoms with Crippen molar-refractivity contribution in [3.8, 4) is 5.75 Å². The van der Waals surface area contributed by atoms with Crippen LogP contribution in [0.25, 0.3) is 0 Å². The normalized spacial score (nSPS) is 16.8. The first-order valence-electron chi connectivity index (χ1n) is 13.4. The van der Waals surface area contributed by atoms with Gasteiger partial charge in [-0.2, -0.15) is 0 Å². The minimum absolute atomic E-state index is 0.0867. The fourth-order valence-corrected chi connectivity index (χ4v) is 4.92. The van der Waals surface area contributed by atoms with Crippen LogP contribution in [0.1, 0.15) is 41.4 Å². The van der Waals surface area contributed by atoms with E-state index in [1.54, 1.807) is 35.2 Å². The van der Waals surface area contributed by atoms with E-state index in [-0.39, 0.29) is 18.1 Å². The molecule has 2 N–H and O–H groups in total. The van der Waals surface area contributed by atoms with Gasteiger partial charge in [0.25, 0.3) is 5.91 Å². The van der Waals surface area contributed by atoms with Crippen LogP contribution < -0.4 is 15.4 Å². The molecular weight excluding hydrogens is 502 g/mol. The molecule has 0 bridgehead atoms. The van der Waals surface area contributed by atoms with E-state index < -0.39 is 12.1 Å². The van der Waals surface area contributed by atoms with E-state index in [0.29, 0.717) is 35.8 Å². The number of para-hydroxylation sites is 1. The number of nitrogens with zero attached hydrogens (tertiary/aromatic N) is 1. The van der Waals surface area contributed by atoms with Crippen molar-refractivity contribution in [2.24, 2.45) is 0 Å². The molecule has 7 heteroatoms. The Hall–Kier alpha value is -4.62. The molecule has 3 amide bonds. The highest BCUT2D eigenvalue weighted by atomic mass is 16.5. The number of hydrogen-bond donors (Lipinski definition) is 2. The van der Waals surface area contributed by atoms with Gasteiger partial charge in [0.1, 0.15) is 11.9 Å². The zero-order valence-electron chi connectivity index (χ0n) is 22.6. The van der Waals surface area contributed by atoms with Crippen LogP contribution >= 0.6 is 0 Å². The third kappa shape index (κ3) is 6.68. The van der Waals surface area contributed by atoms with Gasteiger partial charge in [0, 0.05) is 24.5 Å². The average molecular weight is 536 g/mol. The lowest BCUT2D eigenvalue weighted by Crippen LogP contribution is -2.48. The molecule has 0 radical (unpaired) electrons. The van der Waals surface area contributed by atoms with Crippen molar-refractivity contribution in [3.05, 3.63) is 126 Å². The molecular formula is C33H33N3O4. The van der Waals surface area contributed by atoms with Gasteiger partial charge in [-0.1, -0.05) is 78.9 Å². The minimum atomic E-state index is -0.434. The van der Waals surface area contributed by atoms with Gasteiger partial charge >= 0.3 is 6.03 Å². The number of nitrogens with one attached hydrogen (secondary N) is 2. The molecule has 4 aromatic rings. The highest BCUT2D eigenvalue weighted by Gasteiger charge is 2.29. The highest BCUT2D eigenvalue weighted by Crippen LogP contribution is 2.33. The Labute approximate surface area is 234 Å². The summed E-state index contributed by atoms with van der Waals surface area (Å²) < 4.78 is 12.5. The maximum Gasteiger partial charge on any atom is 0.323 e. The maximum atomic E-state index is 14.0. The summed E-state index contributed by atoms with van der Waals surface area (Å²) >= 11 is 0. The molecule has 0 aromatic heterocycles. The number of amides is 3. The Morgan fingerprint density at radius 2 is 1.27 bits per heavy atom. The van der Waals surface area contributed by atoms with Crippen molar-refractivity contribution < 1.29 is 19.1 Å². The van der Waals surface area contributed by atoms with Crippen LogP contribution in [0.2, 0.25) is 0 Å². The number of carbonyl (C=O) groups is 2. The molecule has 1 saturated heterocycles. The maximum absolute atomic E-state index is 14.0. The first-order chi connectivity index (χ1) is 19.5. The monoisotopic (exact) mass is 535 g/mol. The molecule has 0 saturated carbocycles. The third-order valence-corrected chi connectivity index (χ3v) is 6.66. The second kappa shape index (κ2) is 12.5. The van der Waals surface area contributed by atoms with E-state index in [2.05, 4.69) is 10.6 Å². The summed E-state index contributed by atoms with van der Waals surface area (Å²) in [5.74, 6) is 0.257. The van der Waals surface area contributed by atoms with Crippen LogP contribution in [-0.4, -0.2) is 42.1 Å². The van der Waals surface area contributed by atoms with Crippen LogP contribution in [0.5, 0.6) is 5.75 Å². The van der Waals surface area contributed by atoms with Crippen LogP contribution in [0, 0.1) is 0 Å². The number of hydrogen-bond acceptors (Lipinski definition) is 4. The zero-order chi connectivity index (χ0) is 27.9. The summed E-state index contributed by atoms with van der Waals surface area (Å²) in [5, 5.41) is 5.66. The quantitative estimate of drug-likeness (QED) is 0.274. The van der Waals surface area contributed by atoms with Crippen LogP contribution in [-0.2, 0) is 4.74 Å². The number of benzene rings is 4. The first-order valence-corrected chi connectivity index (χ1v) is 13.4. The third-order valence-electron chi connectivity index (χ3n) is 6.66. The van der Waals surface area contributed by atoms with Gasteiger partial charge < -0.3 is 25.0 Å². The van der Waals surface area contributed by atoms with Gasteiger partial charge in [-0.05, 0) is 55.3 Å². The van der Waals surface area contributed by atoms with Gasteiger partial charge in [-0.3, -0.25) is 4.79 Å². The van der Waals surface area contributed by atoms with Crippen LogP contribution in [0.15, 0.2) is 109 Å². The Bertz CT molecular complexity index is 1380. The first kappa shape index (κ1) is 27.0. The summed E-state index contributed by atoms with van der Waals surface area (Å²) in [5.41, 5.74) is 3.45. The minimum Gasteiger partial charge on any atom is -0.480 e. The van der Waals surface area contributed by atoms with Crippen molar-refractivity contribution >= 4 is 23.3 Å². The fourth-order valence-electron chi connectivity index (χ4n) is 4.92. The molecule has 1 heterocycles. The largest absolute Gasteiger partial charge is 0.480 e. The van der Waals surface area contributed by atoms with Gasteiger partial charge in [-0.15, -0.1) is 0 Å². The zero-order valence-corrected chi connectivity index (χ0v) is 22.6. The van der Waals surface area contributed by atoms with Gasteiger partial charge in [0.05, 0.1) is 17.8 Å². The number of carbonyl (C=O) groups excluding carboxylic acids is 2. The topological polar surface area (TPSA) is 79.9 Å². The molecule has 40 heavy (non-hydrogen) atoms. The molecule has 5 rings (SSSR count). The van der Waals surface area contributed by atoms with Gasteiger partial charge in [0.15, 0.2) is 0 Å². The molecule has 7 nitrogen and oxygen atoms in total. The lowest BCUT2D eigenvalue weighted by Gasteiger charge is -2.35. The Balaban J connectivity index is 1.48. The molecule has 204 valence electrons. The van der Waals surface area contributed by atoms with E-state index >= 15 is 0 Å². The smallest absolute Gasteiger partial charge is 0.323 e. The van der Waals surface area contributed by atoms with Crippen molar-refractivity contribution in [3.63, 3.8) is 0 Å². The van der Waals surface area contributed by atoms with Crippen molar-refractivity contribution in [1.29, 1.82) is 0 Å². The Morgan fingerprint density at radius 1 is 0.750 bits per heavy atom. The van der Waals surface area contributed by atoms with Crippen LogP contribution in [0.4, 0.5) is 16.2 Å². The summed E-state index contributed by atoms with van der Waals surface area (Å²) in [6.45, 7) is 4.85.